The lowest BCUT2D eigenvalue weighted by molar-refractivity contribution is -0.394. The van der Waals surface area contributed by atoms with Crippen LogP contribution < -0.4 is 0 Å². The second-order valence-corrected chi connectivity index (χ2v) is 6.40. The summed E-state index contributed by atoms with van der Waals surface area (Å²) in [5, 5.41) is 20.1. The highest BCUT2D eigenvalue weighted by Crippen LogP contribution is 2.82. The Kier molecular flexibility index (Phi) is 0.931. The normalized spacial score (nSPS) is 81.0. The summed E-state index contributed by atoms with van der Waals surface area (Å²) in [4.78, 5) is 0. The molecule has 8 saturated carbocycles. The molecule has 0 heterocycles. The van der Waals surface area contributed by atoms with E-state index in [0.717, 1.165) is 48.3 Å². The Morgan fingerprint density at radius 3 is 1.36 bits per heavy atom. The number of hydrogen-bond donors (Lipinski definition) is 2. The molecule has 0 aromatic carbocycles. The van der Waals surface area contributed by atoms with Gasteiger partial charge in [0.15, 0.2) is 0 Å². The van der Waals surface area contributed by atoms with Gasteiger partial charge in [-0.15, -0.1) is 0 Å². The molecule has 8 fully saturated rings. The third kappa shape index (κ3) is 0.455. The van der Waals surface area contributed by atoms with Crippen molar-refractivity contribution in [1.82, 2.24) is 0 Å². The lowest BCUT2D eigenvalue weighted by Crippen LogP contribution is -2.83. The molecule has 2 nitrogen and oxygen atoms in total. The van der Waals surface area contributed by atoms with Crippen molar-refractivity contribution < 1.29 is 10.2 Å². The Morgan fingerprint density at radius 2 is 0.929 bits per heavy atom. The summed E-state index contributed by atoms with van der Waals surface area (Å²) in [5.74, 6) is 6.23. The van der Waals surface area contributed by atoms with Gasteiger partial charge >= 0.3 is 0 Å². The van der Waals surface area contributed by atoms with Crippen LogP contribution >= 0.6 is 0 Å². The van der Waals surface area contributed by atoms with Gasteiger partial charge in [-0.05, 0) is 60.2 Å². The average molecular weight is 192 g/mol. The van der Waals surface area contributed by atoms with Crippen molar-refractivity contribution in [2.24, 2.45) is 47.3 Å². The van der Waals surface area contributed by atoms with Gasteiger partial charge in [-0.25, -0.2) is 0 Å². The molecule has 8 aliphatic rings. The first-order valence-electron chi connectivity index (χ1n) is 6.15. The van der Waals surface area contributed by atoms with E-state index >= 15 is 0 Å². The maximum Gasteiger partial charge on any atom is 0.0577 e. The summed E-state index contributed by atoms with van der Waals surface area (Å²) >= 11 is 0. The molecule has 8 aliphatic carbocycles. The highest BCUT2D eigenvalue weighted by atomic mass is 16.3. The van der Waals surface area contributed by atoms with Gasteiger partial charge in [-0.1, -0.05) is 0 Å². The highest BCUT2D eigenvalue weighted by Gasteiger charge is 2.81. The van der Waals surface area contributed by atoms with Crippen molar-refractivity contribution in [2.75, 3.05) is 0 Å². The van der Waals surface area contributed by atoms with Crippen LogP contribution in [0.4, 0.5) is 0 Å². The predicted molar refractivity (Wildman–Crippen MR) is 49.2 cm³/mol. The molecule has 0 unspecified atom stereocenters. The first kappa shape index (κ1) is 7.24. The Labute approximate surface area is 83.3 Å². The van der Waals surface area contributed by atoms with Crippen LogP contribution in [0, 0.1) is 47.3 Å². The number of hydrogen-bond acceptors (Lipinski definition) is 2. The molecule has 0 aromatic heterocycles. The monoisotopic (exact) mass is 192 g/mol. The summed E-state index contributed by atoms with van der Waals surface area (Å²) < 4.78 is 0. The molecule has 0 saturated heterocycles. The minimum Gasteiger partial charge on any atom is -0.393 e. The van der Waals surface area contributed by atoms with E-state index in [1.165, 1.54) is 0 Å². The van der Waals surface area contributed by atoms with Crippen LogP contribution in [0.5, 0.6) is 0 Å². The molecule has 0 radical (unpaired) electrons. The molecule has 14 heavy (non-hydrogen) atoms. The Hall–Kier alpha value is -0.0800. The fourth-order valence-electron chi connectivity index (χ4n) is 6.57. The van der Waals surface area contributed by atoms with E-state index in [2.05, 4.69) is 0 Å². The van der Waals surface area contributed by atoms with E-state index in [4.69, 9.17) is 0 Å². The van der Waals surface area contributed by atoms with E-state index < -0.39 is 0 Å². The van der Waals surface area contributed by atoms with Crippen molar-refractivity contribution in [1.29, 1.82) is 0 Å². The summed E-state index contributed by atoms with van der Waals surface area (Å²) in [6, 6.07) is 0. The first-order valence-corrected chi connectivity index (χ1v) is 6.15. The fraction of sp³-hybridized carbons (Fsp3) is 1.00. The zero-order valence-electron chi connectivity index (χ0n) is 8.08. The van der Waals surface area contributed by atoms with Crippen LogP contribution in [0.25, 0.3) is 0 Å². The molecular formula is C12H16O2. The van der Waals surface area contributed by atoms with Gasteiger partial charge in [0.25, 0.3) is 0 Å². The number of rotatable bonds is 0. The molecular weight excluding hydrogens is 176 g/mol. The second kappa shape index (κ2) is 1.80. The van der Waals surface area contributed by atoms with Crippen molar-refractivity contribution in [3.05, 3.63) is 0 Å². The second-order valence-electron chi connectivity index (χ2n) is 6.40. The van der Waals surface area contributed by atoms with Gasteiger partial charge in [0.05, 0.1) is 12.2 Å². The van der Waals surface area contributed by atoms with Crippen molar-refractivity contribution in [3.8, 4) is 0 Å². The van der Waals surface area contributed by atoms with E-state index in [-0.39, 0.29) is 12.2 Å². The summed E-state index contributed by atoms with van der Waals surface area (Å²) in [7, 11) is 0. The molecule has 0 amide bonds. The largest absolute Gasteiger partial charge is 0.393 e. The molecule has 10 atom stereocenters. The molecule has 0 aromatic rings. The fourth-order valence-corrected chi connectivity index (χ4v) is 6.57. The van der Waals surface area contributed by atoms with Gasteiger partial charge in [0.2, 0.25) is 0 Å². The van der Waals surface area contributed by atoms with Crippen LogP contribution in [-0.4, -0.2) is 22.4 Å². The smallest absolute Gasteiger partial charge is 0.0577 e. The lowest BCUT2D eigenvalue weighted by Gasteiger charge is -2.84. The average Bonchev–Trinajstić information content (AvgIpc) is 2.16. The topological polar surface area (TPSA) is 40.5 Å². The minimum atomic E-state index is -0.0683. The van der Waals surface area contributed by atoms with Gasteiger partial charge in [0.1, 0.15) is 0 Å². The third-order valence-corrected chi connectivity index (χ3v) is 6.56. The Morgan fingerprint density at radius 1 is 0.571 bits per heavy atom. The van der Waals surface area contributed by atoms with Crippen molar-refractivity contribution in [2.45, 2.75) is 25.0 Å². The van der Waals surface area contributed by atoms with Crippen LogP contribution in [0.3, 0.4) is 0 Å². The van der Waals surface area contributed by atoms with Gasteiger partial charge in [0, 0.05) is 0 Å². The number of aliphatic hydroxyl groups excluding tert-OH is 2. The Bertz CT molecular complexity index is 296. The molecule has 2 heteroatoms. The molecule has 2 N–H and O–H groups in total. The van der Waals surface area contributed by atoms with Crippen LogP contribution in [0.1, 0.15) is 12.8 Å². The molecule has 76 valence electrons. The van der Waals surface area contributed by atoms with E-state index in [9.17, 15) is 10.2 Å². The lowest BCUT2D eigenvalue weighted by atomic mass is 9.21. The zero-order valence-corrected chi connectivity index (χ0v) is 8.08. The van der Waals surface area contributed by atoms with Crippen LogP contribution in [0.15, 0.2) is 0 Å². The Balaban J connectivity index is 1.70. The third-order valence-electron chi connectivity index (χ3n) is 6.56. The van der Waals surface area contributed by atoms with Gasteiger partial charge in [-0.3, -0.25) is 0 Å². The minimum absolute atomic E-state index is 0.0683. The number of fused-ring (bicyclic) bond motifs is 2. The molecule has 8 bridgehead atoms. The number of aliphatic hydroxyl groups is 2. The van der Waals surface area contributed by atoms with E-state index in [1.807, 2.05) is 0 Å². The molecule has 0 aliphatic heterocycles. The maximum atomic E-state index is 10.1. The van der Waals surface area contributed by atoms with Gasteiger partial charge < -0.3 is 10.2 Å². The highest BCUT2D eigenvalue weighted by molar-refractivity contribution is 5.28. The molecule has 8 rings (SSSR count). The summed E-state index contributed by atoms with van der Waals surface area (Å²) in [6.07, 6.45) is 1.98. The van der Waals surface area contributed by atoms with Crippen LogP contribution in [-0.2, 0) is 0 Å². The van der Waals surface area contributed by atoms with Crippen LogP contribution in [0.2, 0.25) is 0 Å². The SMILES string of the molecule is O[C@H]1C[C@@H]2[C@@H]3[C@@H]4[C@H]5C[C@H](O)[C@H]([C@H]24)[C@H]1[C@H]53. The van der Waals surface area contributed by atoms with Gasteiger partial charge in [-0.2, -0.15) is 0 Å². The van der Waals surface area contributed by atoms with Crippen molar-refractivity contribution in [3.63, 3.8) is 0 Å². The van der Waals surface area contributed by atoms with E-state index in [0.29, 0.717) is 11.8 Å². The standard InChI is InChI=1S/C12H16O2/c13-5-1-3-7-8-4-2-6(14)12(9(3)8)11(5)10(4)7/h3-14H,1-2H2/t3-,4-,5+,6+,7-,8+,9-,10-,11-,12-/m1/s1. The van der Waals surface area contributed by atoms with Crippen molar-refractivity contribution >= 4 is 0 Å². The quantitative estimate of drug-likeness (QED) is 0.586. The first-order chi connectivity index (χ1) is 6.79. The zero-order chi connectivity index (χ0) is 9.19. The predicted octanol–water partition coefficient (Wildman–Crippen LogP) is 0.486. The maximum absolute atomic E-state index is 10.1. The van der Waals surface area contributed by atoms with E-state index in [1.54, 1.807) is 0 Å². The summed E-state index contributed by atoms with van der Waals surface area (Å²) in [6.45, 7) is 0. The molecule has 0 spiro atoms. The summed E-state index contributed by atoms with van der Waals surface area (Å²) in [5.41, 5.74) is 0.